The minimum Gasteiger partial charge on any atom is -0.744 e. The Kier molecular flexibility index (Phi) is 14.1. The minimum absolute atomic E-state index is 0. The molecular weight excluding hydrogens is 563 g/mol. The zero-order valence-electron chi connectivity index (χ0n) is 17.3. The van der Waals surface area contributed by atoms with Crippen molar-refractivity contribution in [2.75, 3.05) is 23.9 Å². The molecule has 2 aromatic rings. The van der Waals surface area contributed by atoms with Crippen molar-refractivity contribution in [3.8, 4) is 11.5 Å². The Morgan fingerprint density at radius 2 is 1.45 bits per heavy atom. The normalized spacial score (nSPS) is 11.3. The van der Waals surface area contributed by atoms with Gasteiger partial charge in [0.15, 0.2) is 0 Å². The first-order valence-corrected chi connectivity index (χ1v) is 13.1. The number of rotatable bonds is 13. The summed E-state index contributed by atoms with van der Waals surface area (Å²) in [5.74, 6) is 1.26. The molecule has 11 heteroatoms. The first-order chi connectivity index (χ1) is 14.4. The first kappa shape index (κ1) is 28.5. The molecule has 2 aromatic carbocycles. The van der Waals surface area contributed by atoms with Crippen LogP contribution in [0.3, 0.4) is 0 Å². The maximum atomic E-state index is 11.0. The fourth-order valence-electron chi connectivity index (χ4n) is 2.34. The Morgan fingerprint density at radius 3 is 2.03 bits per heavy atom. The summed E-state index contributed by atoms with van der Waals surface area (Å²) in [7, 11) is -4.49. The Morgan fingerprint density at radius 1 is 0.839 bits per heavy atom. The third-order valence-corrected chi connectivity index (χ3v) is 5.88. The van der Waals surface area contributed by atoms with Gasteiger partial charge in [0.25, 0.3) is 0 Å². The summed E-state index contributed by atoms with van der Waals surface area (Å²) in [4.78, 5) is -0.307. The second-order valence-electron chi connectivity index (χ2n) is 6.27. The van der Waals surface area contributed by atoms with Gasteiger partial charge in [-0.25, -0.2) is 8.42 Å². The van der Waals surface area contributed by atoms with Gasteiger partial charge < -0.3 is 14.0 Å². The minimum atomic E-state index is -4.49. The average Bonchev–Trinajstić information content (AvgIpc) is 2.73. The number of azo groups is 1. The third kappa shape index (κ3) is 10.8. The van der Waals surface area contributed by atoms with Crippen molar-refractivity contribution in [2.24, 2.45) is 10.2 Å². The van der Waals surface area contributed by atoms with Gasteiger partial charge in [0.1, 0.15) is 27.3 Å². The van der Waals surface area contributed by atoms with E-state index in [0.29, 0.717) is 36.1 Å². The van der Waals surface area contributed by atoms with E-state index in [4.69, 9.17) is 9.47 Å². The monoisotopic (exact) mass is 584 g/mol. The van der Waals surface area contributed by atoms with Crippen molar-refractivity contribution < 1.29 is 52.0 Å². The number of nitrogens with zero attached hydrogens (tertiary/aromatic N) is 2. The van der Waals surface area contributed by atoms with Crippen molar-refractivity contribution >= 4 is 53.4 Å². The van der Waals surface area contributed by atoms with Crippen molar-refractivity contribution in [3.05, 3.63) is 42.5 Å². The van der Waals surface area contributed by atoms with Crippen molar-refractivity contribution in [1.82, 2.24) is 0 Å². The molecule has 31 heavy (non-hydrogen) atoms. The summed E-state index contributed by atoms with van der Waals surface area (Å²) in [5, 5.41) is 10.2. The van der Waals surface area contributed by atoms with Gasteiger partial charge in [0.2, 0.25) is 0 Å². The molecule has 0 fully saturated rings. The summed E-state index contributed by atoms with van der Waals surface area (Å²) < 4.78 is 44.7. The van der Waals surface area contributed by atoms with Crippen molar-refractivity contribution in [2.45, 2.75) is 30.6 Å². The SMILES string of the molecule is O=S(=O)([O-])c1ccc(N=Nc2ccc(OCCCCBr)cc2OCCCCBr)cc1.[Na+]. The van der Waals surface area contributed by atoms with E-state index in [1.165, 1.54) is 24.3 Å². The molecule has 0 bridgehead atoms. The maximum absolute atomic E-state index is 11.0. The van der Waals surface area contributed by atoms with E-state index in [2.05, 4.69) is 42.1 Å². The summed E-state index contributed by atoms with van der Waals surface area (Å²) in [6, 6.07) is 10.6. The standard InChI is InChI=1S/C20H24Br2N2O5S.Na/c21-11-1-3-13-28-17-7-10-19(20(15-17)29-14-4-2-12-22)24-23-16-5-8-18(9-6-16)30(25,26)27;/h5-10,15H,1-4,11-14H2,(H,25,26,27);/q;+1/p-1. The molecule has 2 rings (SSSR count). The number of unbranched alkanes of at least 4 members (excludes halogenated alkanes) is 2. The van der Waals surface area contributed by atoms with Crippen LogP contribution in [0, 0.1) is 0 Å². The van der Waals surface area contributed by atoms with Gasteiger partial charge in [-0.1, -0.05) is 31.9 Å². The fraction of sp³-hybridized carbons (Fsp3) is 0.400. The smallest absolute Gasteiger partial charge is 0.744 e. The number of benzene rings is 2. The van der Waals surface area contributed by atoms with Crippen molar-refractivity contribution in [1.29, 1.82) is 0 Å². The maximum Gasteiger partial charge on any atom is 1.00 e. The topological polar surface area (TPSA) is 100 Å². The molecule has 0 saturated carbocycles. The molecule has 0 radical (unpaired) electrons. The van der Waals surface area contributed by atoms with E-state index >= 15 is 0 Å². The van der Waals surface area contributed by atoms with Crippen LogP contribution in [0.25, 0.3) is 0 Å². The molecule has 0 aliphatic carbocycles. The Balaban J connectivity index is 0.00000480. The van der Waals surface area contributed by atoms with Gasteiger partial charge in [-0.2, -0.15) is 5.11 Å². The molecule has 0 aromatic heterocycles. The number of hydrogen-bond acceptors (Lipinski definition) is 7. The molecule has 0 saturated heterocycles. The predicted molar refractivity (Wildman–Crippen MR) is 122 cm³/mol. The van der Waals surface area contributed by atoms with Crippen LogP contribution in [0.2, 0.25) is 0 Å². The van der Waals surface area contributed by atoms with Gasteiger partial charge >= 0.3 is 29.6 Å². The molecular formula is C20H23Br2N2NaO5S. The van der Waals surface area contributed by atoms with Crippen LogP contribution in [0.15, 0.2) is 57.6 Å². The Hall–Kier alpha value is -0.490. The van der Waals surface area contributed by atoms with Crippen LogP contribution in [-0.2, 0) is 10.1 Å². The quantitative estimate of drug-likeness (QED) is 0.118. The molecule has 7 nitrogen and oxygen atoms in total. The van der Waals surface area contributed by atoms with E-state index in [1.807, 2.05) is 0 Å². The van der Waals surface area contributed by atoms with E-state index < -0.39 is 10.1 Å². The third-order valence-electron chi connectivity index (χ3n) is 3.91. The summed E-state index contributed by atoms with van der Waals surface area (Å²) in [5.41, 5.74) is 0.949. The molecule has 0 aliphatic heterocycles. The van der Waals surface area contributed by atoms with E-state index in [0.717, 1.165) is 36.3 Å². The molecule has 0 heterocycles. The van der Waals surface area contributed by atoms with Crippen LogP contribution < -0.4 is 39.0 Å². The molecule has 0 unspecified atom stereocenters. The predicted octanol–water partition coefficient (Wildman–Crippen LogP) is 3.12. The summed E-state index contributed by atoms with van der Waals surface area (Å²) in [6.45, 7) is 1.15. The van der Waals surface area contributed by atoms with Crippen LogP contribution in [0.5, 0.6) is 11.5 Å². The second-order valence-corrected chi connectivity index (χ2v) is 9.23. The fourth-order valence-corrected chi connectivity index (χ4v) is 3.60. The van der Waals surface area contributed by atoms with Gasteiger partial charge in [0.05, 0.1) is 23.8 Å². The number of alkyl halides is 2. The number of ether oxygens (including phenoxy) is 2. The van der Waals surface area contributed by atoms with Crippen LogP contribution in [0.4, 0.5) is 11.4 Å². The van der Waals surface area contributed by atoms with E-state index in [-0.39, 0.29) is 34.5 Å². The molecule has 164 valence electrons. The molecule has 0 aliphatic rings. The van der Waals surface area contributed by atoms with Gasteiger partial charge in [-0.3, -0.25) is 0 Å². The van der Waals surface area contributed by atoms with E-state index in [9.17, 15) is 13.0 Å². The molecule has 0 spiro atoms. The molecule has 0 amide bonds. The van der Waals surface area contributed by atoms with Crippen LogP contribution in [-0.4, -0.2) is 36.8 Å². The van der Waals surface area contributed by atoms with E-state index in [1.54, 1.807) is 18.2 Å². The summed E-state index contributed by atoms with van der Waals surface area (Å²) >= 11 is 6.80. The zero-order valence-corrected chi connectivity index (χ0v) is 23.3. The molecule has 0 atom stereocenters. The van der Waals surface area contributed by atoms with Gasteiger partial charge in [-0.15, -0.1) is 5.11 Å². The Bertz CT molecular complexity index is 928. The number of halogens is 2. The van der Waals surface area contributed by atoms with Gasteiger partial charge in [0, 0.05) is 16.7 Å². The molecule has 0 N–H and O–H groups in total. The van der Waals surface area contributed by atoms with Crippen molar-refractivity contribution in [3.63, 3.8) is 0 Å². The second kappa shape index (κ2) is 15.4. The van der Waals surface area contributed by atoms with Crippen LogP contribution >= 0.6 is 31.9 Å². The summed E-state index contributed by atoms with van der Waals surface area (Å²) in [6.07, 6.45) is 3.87. The largest absolute Gasteiger partial charge is 1.00 e. The Labute approximate surface area is 222 Å². The van der Waals surface area contributed by atoms with Gasteiger partial charge in [-0.05, 0) is 62.1 Å². The average molecular weight is 586 g/mol. The van der Waals surface area contributed by atoms with Crippen LogP contribution in [0.1, 0.15) is 25.7 Å². The first-order valence-electron chi connectivity index (χ1n) is 9.43. The zero-order chi connectivity index (χ0) is 21.8. The number of hydrogen-bond donors (Lipinski definition) is 0.